The molecule has 2 fully saturated rings. The molecule has 0 aliphatic carbocycles. The summed E-state index contributed by atoms with van der Waals surface area (Å²) in [6.45, 7) is 3.95. The molecule has 3 amide bonds. The molecule has 2 saturated heterocycles. The lowest BCUT2D eigenvalue weighted by Gasteiger charge is -2.16. The van der Waals surface area contributed by atoms with Gasteiger partial charge in [-0.3, -0.25) is 4.79 Å². The van der Waals surface area contributed by atoms with E-state index in [-0.39, 0.29) is 24.0 Å². The molecule has 6 nitrogen and oxygen atoms in total. The lowest BCUT2D eigenvalue weighted by Crippen LogP contribution is -2.36. The van der Waals surface area contributed by atoms with Crippen LogP contribution >= 0.6 is 23.1 Å². The zero-order chi connectivity index (χ0) is 16.4. The predicted octanol–water partition coefficient (Wildman–Crippen LogP) is 2.42. The normalized spacial score (nSPS) is 25.8. The fourth-order valence-electron chi connectivity index (χ4n) is 2.98. The summed E-state index contributed by atoms with van der Waals surface area (Å²) in [6.07, 6.45) is 3.43. The molecule has 3 atom stereocenters. The van der Waals surface area contributed by atoms with Crippen molar-refractivity contribution in [2.24, 2.45) is 0 Å². The van der Waals surface area contributed by atoms with Gasteiger partial charge >= 0.3 is 6.03 Å². The molecule has 0 spiro atoms. The summed E-state index contributed by atoms with van der Waals surface area (Å²) in [5.41, 5.74) is 0.977. The second-order valence-corrected chi connectivity index (χ2v) is 8.55. The van der Waals surface area contributed by atoms with Crippen LogP contribution in [0.3, 0.4) is 0 Å². The number of aryl methyl sites for hydroxylation is 2. The van der Waals surface area contributed by atoms with Gasteiger partial charge in [-0.1, -0.05) is 6.42 Å². The van der Waals surface area contributed by atoms with Gasteiger partial charge in [0.1, 0.15) is 0 Å². The first kappa shape index (κ1) is 16.6. The van der Waals surface area contributed by atoms with Crippen LogP contribution < -0.4 is 16.0 Å². The smallest absolute Gasteiger partial charge is 0.315 e. The third kappa shape index (κ3) is 3.98. The number of unbranched alkanes of at least 4 members (excludes halogenated alkanes) is 1. The number of fused-ring (bicyclic) bond motifs is 1. The van der Waals surface area contributed by atoms with Crippen LogP contribution in [0.15, 0.2) is 0 Å². The Labute approximate surface area is 144 Å². The van der Waals surface area contributed by atoms with Crippen LogP contribution in [0.25, 0.3) is 0 Å². The van der Waals surface area contributed by atoms with E-state index in [1.165, 1.54) is 11.3 Å². The van der Waals surface area contributed by atoms with Gasteiger partial charge in [-0.25, -0.2) is 9.78 Å². The largest absolute Gasteiger partial charge is 0.332 e. The average Bonchev–Trinajstić information content (AvgIpc) is 3.11. The fourth-order valence-corrected chi connectivity index (χ4v) is 5.36. The monoisotopic (exact) mass is 354 g/mol. The minimum absolute atomic E-state index is 0.0338. The number of urea groups is 1. The second-order valence-electron chi connectivity index (χ2n) is 6.08. The number of hydrogen-bond donors (Lipinski definition) is 3. The summed E-state index contributed by atoms with van der Waals surface area (Å²) in [5, 5.41) is 9.97. The minimum atomic E-state index is -0.0429. The maximum atomic E-state index is 11.9. The number of thioether (sulfide) groups is 1. The first-order chi connectivity index (χ1) is 11.0. The Morgan fingerprint density at radius 2 is 2.17 bits per heavy atom. The summed E-state index contributed by atoms with van der Waals surface area (Å²) in [6, 6.07) is 0.485. The number of thiazole rings is 1. The summed E-state index contributed by atoms with van der Waals surface area (Å²) >= 11 is 3.44. The summed E-state index contributed by atoms with van der Waals surface area (Å²) < 4.78 is 0. The molecule has 3 heterocycles. The molecular weight excluding hydrogens is 332 g/mol. The van der Waals surface area contributed by atoms with E-state index in [0.717, 1.165) is 35.6 Å². The third-order valence-electron chi connectivity index (χ3n) is 4.36. The van der Waals surface area contributed by atoms with Crippen molar-refractivity contribution >= 4 is 40.2 Å². The molecular formula is C15H22N4O2S2. The van der Waals surface area contributed by atoms with Gasteiger partial charge in [-0.05, 0) is 26.7 Å². The Hall–Kier alpha value is -1.28. The highest BCUT2D eigenvalue weighted by atomic mass is 32.2. The molecule has 23 heavy (non-hydrogen) atoms. The SMILES string of the molecule is Cc1nc(NC(=O)CCCC[C@H]2SC[C@@H]3NC(=O)N[C@H]32)sc1C. The Bertz CT molecular complexity index is 585. The first-order valence-electron chi connectivity index (χ1n) is 7.95. The molecule has 0 unspecified atom stereocenters. The Balaban J connectivity index is 1.35. The Kier molecular flexibility index (Phi) is 5.11. The van der Waals surface area contributed by atoms with E-state index < -0.39 is 0 Å². The number of amides is 3. The molecule has 3 N–H and O–H groups in total. The van der Waals surface area contributed by atoms with Crippen molar-refractivity contribution in [1.82, 2.24) is 15.6 Å². The number of aromatic nitrogens is 1. The molecule has 0 bridgehead atoms. The van der Waals surface area contributed by atoms with Crippen LogP contribution in [-0.2, 0) is 4.79 Å². The highest BCUT2D eigenvalue weighted by Gasteiger charge is 2.42. The van der Waals surface area contributed by atoms with Crippen LogP contribution in [-0.4, -0.2) is 40.0 Å². The second kappa shape index (κ2) is 7.09. The van der Waals surface area contributed by atoms with Gasteiger partial charge < -0.3 is 16.0 Å². The van der Waals surface area contributed by atoms with E-state index in [1.807, 2.05) is 25.6 Å². The van der Waals surface area contributed by atoms with Crippen LogP contribution in [0.4, 0.5) is 9.93 Å². The lowest BCUT2D eigenvalue weighted by atomic mass is 10.0. The molecule has 126 valence electrons. The summed E-state index contributed by atoms with van der Waals surface area (Å²) in [4.78, 5) is 28.7. The fraction of sp³-hybridized carbons (Fsp3) is 0.667. The topological polar surface area (TPSA) is 83.1 Å². The molecule has 0 aromatic carbocycles. The molecule has 1 aromatic heterocycles. The highest BCUT2D eigenvalue weighted by molar-refractivity contribution is 8.00. The average molecular weight is 355 g/mol. The predicted molar refractivity (Wildman–Crippen MR) is 94.2 cm³/mol. The van der Waals surface area contributed by atoms with Crippen molar-refractivity contribution in [3.8, 4) is 0 Å². The van der Waals surface area contributed by atoms with Crippen molar-refractivity contribution in [2.75, 3.05) is 11.1 Å². The number of rotatable bonds is 6. The van der Waals surface area contributed by atoms with Gasteiger partial charge in [-0.2, -0.15) is 11.8 Å². The Morgan fingerprint density at radius 3 is 2.91 bits per heavy atom. The number of anilines is 1. The van der Waals surface area contributed by atoms with E-state index in [9.17, 15) is 9.59 Å². The van der Waals surface area contributed by atoms with Crippen molar-refractivity contribution in [3.05, 3.63) is 10.6 Å². The quantitative estimate of drug-likeness (QED) is 0.541. The van der Waals surface area contributed by atoms with E-state index >= 15 is 0 Å². The van der Waals surface area contributed by atoms with Crippen molar-refractivity contribution in [2.45, 2.75) is 56.9 Å². The van der Waals surface area contributed by atoms with E-state index in [0.29, 0.717) is 16.8 Å². The molecule has 1 aromatic rings. The van der Waals surface area contributed by atoms with Gasteiger partial charge in [0.15, 0.2) is 5.13 Å². The van der Waals surface area contributed by atoms with Crippen molar-refractivity contribution in [1.29, 1.82) is 0 Å². The van der Waals surface area contributed by atoms with Crippen LogP contribution in [0, 0.1) is 13.8 Å². The minimum Gasteiger partial charge on any atom is -0.332 e. The van der Waals surface area contributed by atoms with Gasteiger partial charge in [0.05, 0.1) is 17.8 Å². The van der Waals surface area contributed by atoms with E-state index in [1.54, 1.807) is 0 Å². The maximum Gasteiger partial charge on any atom is 0.315 e. The first-order valence-corrected chi connectivity index (χ1v) is 9.82. The summed E-state index contributed by atoms with van der Waals surface area (Å²) in [7, 11) is 0. The van der Waals surface area contributed by atoms with Crippen molar-refractivity contribution in [3.63, 3.8) is 0 Å². The summed E-state index contributed by atoms with van der Waals surface area (Å²) in [5.74, 6) is 1.02. The number of hydrogen-bond acceptors (Lipinski definition) is 5. The number of nitrogens with zero attached hydrogens (tertiary/aromatic N) is 1. The number of nitrogens with one attached hydrogen (secondary N) is 3. The number of carbonyl (C=O) groups is 2. The Morgan fingerprint density at radius 1 is 1.35 bits per heavy atom. The van der Waals surface area contributed by atoms with Crippen LogP contribution in [0.2, 0.25) is 0 Å². The maximum absolute atomic E-state index is 11.9. The standard InChI is InChI=1S/C15H22N4O2S2/c1-8-9(2)23-15(16-8)18-12(20)6-4-3-5-11-13-10(7-22-11)17-14(21)19-13/h10-11,13H,3-7H2,1-2H3,(H,16,18,20)(H2,17,19,21)/t10-,11+,13+/m0/s1. The molecule has 8 heteroatoms. The zero-order valence-electron chi connectivity index (χ0n) is 13.3. The number of carbonyl (C=O) groups excluding carboxylic acids is 2. The van der Waals surface area contributed by atoms with Gasteiger partial charge in [0.2, 0.25) is 5.91 Å². The zero-order valence-corrected chi connectivity index (χ0v) is 15.0. The lowest BCUT2D eigenvalue weighted by molar-refractivity contribution is -0.116. The molecule has 2 aliphatic rings. The molecule has 0 radical (unpaired) electrons. The third-order valence-corrected chi connectivity index (χ3v) is 6.85. The van der Waals surface area contributed by atoms with E-state index in [4.69, 9.17) is 0 Å². The van der Waals surface area contributed by atoms with Crippen LogP contribution in [0.1, 0.15) is 36.3 Å². The van der Waals surface area contributed by atoms with Crippen LogP contribution in [0.5, 0.6) is 0 Å². The van der Waals surface area contributed by atoms with Gasteiger partial charge in [0, 0.05) is 22.3 Å². The van der Waals surface area contributed by atoms with Crippen molar-refractivity contribution < 1.29 is 9.59 Å². The van der Waals surface area contributed by atoms with Gasteiger partial charge in [-0.15, -0.1) is 11.3 Å². The van der Waals surface area contributed by atoms with E-state index in [2.05, 4.69) is 20.9 Å². The molecule has 0 saturated carbocycles. The highest BCUT2D eigenvalue weighted by Crippen LogP contribution is 2.33. The molecule has 2 aliphatic heterocycles. The molecule has 3 rings (SSSR count). The van der Waals surface area contributed by atoms with Gasteiger partial charge in [0.25, 0.3) is 0 Å².